The van der Waals surface area contributed by atoms with Gasteiger partial charge < -0.3 is 14.5 Å². The Kier molecular flexibility index (Phi) is 5.82. The Bertz CT molecular complexity index is 482. The van der Waals surface area contributed by atoms with Crippen molar-refractivity contribution in [3.05, 3.63) is 41.4 Å². The molecule has 1 atom stereocenters. The van der Waals surface area contributed by atoms with Crippen LogP contribution in [0.1, 0.15) is 6.92 Å². The van der Waals surface area contributed by atoms with E-state index in [1.54, 1.807) is 0 Å². The van der Waals surface area contributed by atoms with E-state index in [0.29, 0.717) is 0 Å². The minimum absolute atomic E-state index is 0.0653. The molecule has 4 nitrogen and oxygen atoms in total. The van der Waals surface area contributed by atoms with Crippen LogP contribution < -0.4 is 9.64 Å². The van der Waals surface area contributed by atoms with E-state index in [9.17, 15) is 4.79 Å². The molecule has 114 valence electrons. The molecule has 0 spiro atoms. The van der Waals surface area contributed by atoms with Gasteiger partial charge in [0.05, 0.1) is 32.7 Å². The lowest BCUT2D eigenvalue weighted by atomic mass is 10.2. The minimum Gasteiger partial charge on any atom is -0.481 e. The molecule has 1 saturated heterocycles. The second-order valence-corrected chi connectivity index (χ2v) is 6.20. The fourth-order valence-electron chi connectivity index (χ4n) is 2.48. The Morgan fingerprint density at radius 1 is 1.43 bits per heavy atom. The summed E-state index contributed by atoms with van der Waals surface area (Å²) in [5.74, 6) is 0.783. The van der Waals surface area contributed by atoms with Crippen LogP contribution in [-0.2, 0) is 4.79 Å². The lowest BCUT2D eigenvalue weighted by Gasteiger charge is -2.33. The number of piperazine rings is 1. The molecule has 5 heteroatoms. The molecule has 1 N–H and O–H groups in total. The first kappa shape index (κ1) is 16.0. The van der Waals surface area contributed by atoms with Crippen molar-refractivity contribution < 1.29 is 14.4 Å². The molecule has 0 bridgehead atoms. The van der Waals surface area contributed by atoms with Crippen LogP contribution in [0, 0.1) is 0 Å². The number of ether oxygens (including phenoxy) is 1. The maximum absolute atomic E-state index is 12.4. The molecule has 21 heavy (non-hydrogen) atoms. The van der Waals surface area contributed by atoms with Gasteiger partial charge in [0.25, 0.3) is 5.91 Å². The molecular weight excluding hydrogens is 332 g/mol. The van der Waals surface area contributed by atoms with Crippen LogP contribution in [0.25, 0.3) is 0 Å². The number of quaternary nitrogens is 1. The fraction of sp³-hybridized carbons (Fsp3) is 0.438. The van der Waals surface area contributed by atoms with Crippen LogP contribution in [0.4, 0.5) is 0 Å². The normalized spacial score (nSPS) is 17.3. The second-order valence-electron chi connectivity index (χ2n) is 5.28. The van der Waals surface area contributed by atoms with Gasteiger partial charge in [-0.1, -0.05) is 22.5 Å². The first-order valence-corrected chi connectivity index (χ1v) is 8.05. The van der Waals surface area contributed by atoms with Gasteiger partial charge in [-0.25, -0.2) is 0 Å². The van der Waals surface area contributed by atoms with Gasteiger partial charge in [-0.15, -0.1) is 0 Å². The van der Waals surface area contributed by atoms with Gasteiger partial charge in [-0.05, 0) is 37.3 Å². The van der Waals surface area contributed by atoms with Crippen LogP contribution in [0.5, 0.6) is 5.75 Å². The van der Waals surface area contributed by atoms with Gasteiger partial charge >= 0.3 is 0 Å². The van der Waals surface area contributed by atoms with Crippen LogP contribution in [0.15, 0.2) is 41.4 Å². The number of nitrogens with zero attached hydrogens (tertiary/aromatic N) is 1. The first-order chi connectivity index (χ1) is 10.1. The topological polar surface area (TPSA) is 34.0 Å². The van der Waals surface area contributed by atoms with Crippen molar-refractivity contribution in [3.63, 3.8) is 0 Å². The SMILES string of the molecule is C=CC[NH+]1CCN(C(=O)[C@H](C)Oc2ccc(Br)cc2)CC1. The number of hydrogen-bond donors (Lipinski definition) is 1. The van der Waals surface area contributed by atoms with Crippen molar-refractivity contribution in [2.45, 2.75) is 13.0 Å². The van der Waals surface area contributed by atoms with Crippen molar-refractivity contribution >= 4 is 21.8 Å². The highest BCUT2D eigenvalue weighted by molar-refractivity contribution is 9.10. The number of halogens is 1. The number of benzene rings is 1. The van der Waals surface area contributed by atoms with Crippen LogP contribution in [0.3, 0.4) is 0 Å². The third-order valence-electron chi connectivity index (χ3n) is 3.69. The molecule has 1 fully saturated rings. The smallest absolute Gasteiger partial charge is 0.263 e. The fourth-order valence-corrected chi connectivity index (χ4v) is 2.74. The van der Waals surface area contributed by atoms with E-state index in [0.717, 1.165) is 42.9 Å². The minimum atomic E-state index is -0.452. The standard InChI is InChI=1S/C16H21BrN2O2/c1-3-8-18-9-11-19(12-10-18)16(20)13(2)21-15-6-4-14(17)5-7-15/h3-7,13H,1,8-12H2,2H3/p+1/t13-/m0/s1. The summed E-state index contributed by atoms with van der Waals surface area (Å²) in [5.41, 5.74) is 0. The molecule has 0 unspecified atom stereocenters. The van der Waals surface area contributed by atoms with E-state index in [1.165, 1.54) is 4.90 Å². The van der Waals surface area contributed by atoms with Crippen molar-refractivity contribution in [3.8, 4) is 5.75 Å². The molecule has 0 radical (unpaired) electrons. The molecule has 1 amide bonds. The average Bonchev–Trinajstić information content (AvgIpc) is 2.50. The Morgan fingerprint density at radius 2 is 2.05 bits per heavy atom. The lowest BCUT2D eigenvalue weighted by molar-refractivity contribution is -0.898. The van der Waals surface area contributed by atoms with Gasteiger partial charge in [0.15, 0.2) is 6.10 Å². The summed E-state index contributed by atoms with van der Waals surface area (Å²) >= 11 is 3.38. The van der Waals surface area contributed by atoms with Crippen molar-refractivity contribution in [2.75, 3.05) is 32.7 Å². The highest BCUT2D eigenvalue weighted by atomic mass is 79.9. The number of carbonyl (C=O) groups excluding carboxylic acids is 1. The van der Waals surface area contributed by atoms with Gasteiger partial charge in [-0.2, -0.15) is 0 Å². The van der Waals surface area contributed by atoms with E-state index in [-0.39, 0.29) is 5.91 Å². The highest BCUT2D eigenvalue weighted by Gasteiger charge is 2.27. The number of nitrogens with one attached hydrogen (secondary N) is 1. The van der Waals surface area contributed by atoms with Gasteiger partial charge in [0, 0.05) is 4.47 Å². The summed E-state index contributed by atoms with van der Waals surface area (Å²) in [6.07, 6.45) is 1.48. The van der Waals surface area contributed by atoms with Gasteiger partial charge in [0.1, 0.15) is 5.75 Å². The van der Waals surface area contributed by atoms with Crippen molar-refractivity contribution in [1.82, 2.24) is 4.90 Å². The third kappa shape index (κ3) is 4.58. The zero-order valence-electron chi connectivity index (χ0n) is 12.3. The quantitative estimate of drug-likeness (QED) is 0.805. The Hall–Kier alpha value is -1.33. The molecule has 2 rings (SSSR count). The monoisotopic (exact) mass is 353 g/mol. The highest BCUT2D eigenvalue weighted by Crippen LogP contribution is 2.17. The molecule has 1 aromatic carbocycles. The van der Waals surface area contributed by atoms with Crippen LogP contribution >= 0.6 is 15.9 Å². The molecule has 1 aliphatic rings. The Balaban J connectivity index is 1.85. The van der Waals surface area contributed by atoms with E-state index in [1.807, 2.05) is 42.2 Å². The third-order valence-corrected chi connectivity index (χ3v) is 4.22. The summed E-state index contributed by atoms with van der Waals surface area (Å²) < 4.78 is 6.72. The van der Waals surface area contributed by atoms with E-state index in [4.69, 9.17) is 4.74 Å². The predicted molar refractivity (Wildman–Crippen MR) is 86.6 cm³/mol. The predicted octanol–water partition coefficient (Wildman–Crippen LogP) is 1.13. The lowest BCUT2D eigenvalue weighted by Crippen LogP contribution is -3.14. The summed E-state index contributed by atoms with van der Waals surface area (Å²) in [5, 5.41) is 0. The first-order valence-electron chi connectivity index (χ1n) is 7.25. The van der Waals surface area contributed by atoms with Crippen LogP contribution in [0.2, 0.25) is 0 Å². The zero-order valence-corrected chi connectivity index (χ0v) is 13.9. The summed E-state index contributed by atoms with van der Waals surface area (Å²) in [6.45, 7) is 10.1. The summed E-state index contributed by atoms with van der Waals surface area (Å²) in [4.78, 5) is 15.8. The van der Waals surface area contributed by atoms with Crippen LogP contribution in [-0.4, -0.2) is 49.6 Å². The van der Waals surface area contributed by atoms with E-state index < -0.39 is 6.10 Å². The maximum atomic E-state index is 12.4. The van der Waals surface area contributed by atoms with Crippen molar-refractivity contribution in [1.29, 1.82) is 0 Å². The second kappa shape index (κ2) is 7.61. The number of carbonyl (C=O) groups is 1. The average molecular weight is 354 g/mol. The Morgan fingerprint density at radius 3 is 2.62 bits per heavy atom. The van der Waals surface area contributed by atoms with Gasteiger partial charge in [-0.3, -0.25) is 4.79 Å². The molecule has 0 aromatic heterocycles. The molecular formula is C16H22BrN2O2+. The molecule has 1 heterocycles. The number of hydrogen-bond acceptors (Lipinski definition) is 2. The molecule has 1 aliphatic heterocycles. The molecule has 0 saturated carbocycles. The molecule has 0 aliphatic carbocycles. The maximum Gasteiger partial charge on any atom is 0.263 e. The van der Waals surface area contributed by atoms with Crippen molar-refractivity contribution in [2.24, 2.45) is 0 Å². The Labute approximate surface area is 134 Å². The zero-order chi connectivity index (χ0) is 15.2. The molecule has 1 aromatic rings. The van der Waals surface area contributed by atoms with E-state index in [2.05, 4.69) is 22.5 Å². The largest absolute Gasteiger partial charge is 0.481 e. The number of amides is 1. The van der Waals surface area contributed by atoms with E-state index >= 15 is 0 Å². The number of rotatable bonds is 5. The summed E-state index contributed by atoms with van der Waals surface area (Å²) in [6, 6.07) is 7.54. The van der Waals surface area contributed by atoms with Gasteiger partial charge in [0.2, 0.25) is 0 Å². The summed E-state index contributed by atoms with van der Waals surface area (Å²) in [7, 11) is 0.